The first-order valence-electron chi connectivity index (χ1n) is 7.32. The van der Waals surface area contributed by atoms with Crippen molar-refractivity contribution in [3.05, 3.63) is 35.4 Å². The largest absolute Gasteiger partial charge is 0.384 e. The van der Waals surface area contributed by atoms with Gasteiger partial charge in [-0.05, 0) is 37.0 Å². The molecule has 1 unspecified atom stereocenters. The van der Waals surface area contributed by atoms with Crippen LogP contribution in [0.2, 0.25) is 0 Å². The molecule has 0 aliphatic carbocycles. The highest BCUT2D eigenvalue weighted by molar-refractivity contribution is 5.94. The maximum Gasteiger partial charge on any atom is 0.253 e. The Morgan fingerprint density at radius 1 is 1.52 bits per heavy atom. The molecule has 1 heterocycles. The fraction of sp³-hybridized carbons (Fsp3) is 0.471. The second kappa shape index (κ2) is 7.82. The molecular weight excluding hydrogens is 264 g/mol. The van der Waals surface area contributed by atoms with Gasteiger partial charge in [-0.25, -0.2) is 0 Å². The van der Waals surface area contributed by atoms with E-state index in [-0.39, 0.29) is 5.91 Å². The van der Waals surface area contributed by atoms with Crippen LogP contribution in [0.3, 0.4) is 0 Å². The van der Waals surface area contributed by atoms with Gasteiger partial charge in [-0.1, -0.05) is 17.9 Å². The van der Waals surface area contributed by atoms with Crippen molar-refractivity contribution < 1.29 is 9.53 Å². The highest BCUT2D eigenvalue weighted by Gasteiger charge is 2.24. The quantitative estimate of drug-likeness (QED) is 0.857. The fourth-order valence-corrected chi connectivity index (χ4v) is 2.69. The maximum absolute atomic E-state index is 12.6. The van der Waals surface area contributed by atoms with Crippen molar-refractivity contribution in [2.45, 2.75) is 12.8 Å². The second-order valence-corrected chi connectivity index (χ2v) is 5.30. The van der Waals surface area contributed by atoms with Crippen molar-refractivity contribution in [2.75, 3.05) is 33.4 Å². The minimum absolute atomic E-state index is 0.0761. The van der Waals surface area contributed by atoms with Crippen molar-refractivity contribution >= 4 is 5.91 Å². The third-order valence-corrected chi connectivity index (χ3v) is 3.65. The van der Waals surface area contributed by atoms with Crippen molar-refractivity contribution in [3.8, 4) is 11.8 Å². The Hall–Kier alpha value is -1.83. The Kier molecular flexibility index (Phi) is 5.79. The Labute approximate surface area is 126 Å². The van der Waals surface area contributed by atoms with E-state index in [2.05, 4.69) is 11.8 Å². The zero-order chi connectivity index (χ0) is 15.1. The number of benzene rings is 1. The highest BCUT2D eigenvalue weighted by atomic mass is 16.5. The molecule has 112 valence electrons. The smallest absolute Gasteiger partial charge is 0.253 e. The lowest BCUT2D eigenvalue weighted by Gasteiger charge is -2.32. The third kappa shape index (κ3) is 4.32. The number of amides is 1. The summed E-state index contributed by atoms with van der Waals surface area (Å²) in [5.74, 6) is 6.29. The Morgan fingerprint density at radius 2 is 2.38 bits per heavy atom. The van der Waals surface area contributed by atoms with Crippen molar-refractivity contribution in [1.29, 1.82) is 0 Å². The fourth-order valence-electron chi connectivity index (χ4n) is 2.69. The second-order valence-electron chi connectivity index (χ2n) is 5.30. The first kappa shape index (κ1) is 15.6. The Bertz CT molecular complexity index is 543. The molecule has 0 bridgehead atoms. The van der Waals surface area contributed by atoms with Gasteiger partial charge in [0.05, 0.1) is 13.2 Å². The van der Waals surface area contributed by atoms with Crippen molar-refractivity contribution in [1.82, 2.24) is 4.90 Å². The topological polar surface area (TPSA) is 55.6 Å². The zero-order valence-electron chi connectivity index (χ0n) is 12.5. The summed E-state index contributed by atoms with van der Waals surface area (Å²) in [6.45, 7) is 2.62. The average Bonchev–Trinajstić information content (AvgIpc) is 2.53. The molecule has 1 saturated heterocycles. The van der Waals surface area contributed by atoms with Gasteiger partial charge in [0.1, 0.15) is 0 Å². The number of nitrogens with two attached hydrogens (primary N) is 1. The van der Waals surface area contributed by atoms with E-state index >= 15 is 0 Å². The van der Waals surface area contributed by atoms with E-state index in [1.165, 1.54) is 0 Å². The molecule has 1 atom stereocenters. The Balaban J connectivity index is 2.08. The molecule has 1 fully saturated rings. The number of likely N-dealkylation sites (tertiary alicyclic amines) is 1. The minimum atomic E-state index is 0.0761. The summed E-state index contributed by atoms with van der Waals surface area (Å²) in [6, 6.07) is 7.44. The maximum atomic E-state index is 12.6. The van der Waals surface area contributed by atoms with Gasteiger partial charge in [0, 0.05) is 31.3 Å². The van der Waals surface area contributed by atoms with E-state index in [1.54, 1.807) is 7.11 Å². The van der Waals surface area contributed by atoms with Crippen LogP contribution in [-0.2, 0) is 4.74 Å². The molecule has 2 N–H and O–H groups in total. The van der Waals surface area contributed by atoms with E-state index in [0.717, 1.165) is 31.5 Å². The number of hydrogen-bond acceptors (Lipinski definition) is 3. The molecule has 0 spiro atoms. The lowest BCUT2D eigenvalue weighted by Crippen LogP contribution is -2.41. The molecule has 1 aliphatic heterocycles. The van der Waals surface area contributed by atoms with Crippen LogP contribution in [0.15, 0.2) is 24.3 Å². The molecule has 1 amide bonds. The predicted octanol–water partition coefficient (Wildman–Crippen LogP) is 1.50. The number of piperidine rings is 1. The molecule has 21 heavy (non-hydrogen) atoms. The molecule has 1 aromatic carbocycles. The normalized spacial score (nSPS) is 18.0. The molecule has 1 aromatic rings. The van der Waals surface area contributed by atoms with Crippen LogP contribution in [0.25, 0.3) is 0 Å². The van der Waals surface area contributed by atoms with E-state index in [1.807, 2.05) is 29.2 Å². The van der Waals surface area contributed by atoms with Gasteiger partial charge >= 0.3 is 0 Å². The van der Waals surface area contributed by atoms with Gasteiger partial charge in [0.2, 0.25) is 0 Å². The highest BCUT2D eigenvalue weighted by Crippen LogP contribution is 2.19. The summed E-state index contributed by atoms with van der Waals surface area (Å²) in [5.41, 5.74) is 6.90. The number of nitrogens with zero attached hydrogens (tertiary/aromatic N) is 1. The lowest BCUT2D eigenvalue weighted by atomic mass is 9.98. The first-order chi connectivity index (χ1) is 10.2. The zero-order valence-corrected chi connectivity index (χ0v) is 12.5. The first-order valence-corrected chi connectivity index (χ1v) is 7.32. The van der Waals surface area contributed by atoms with E-state index < -0.39 is 0 Å². The van der Waals surface area contributed by atoms with Crippen LogP contribution in [-0.4, -0.2) is 44.2 Å². The molecule has 4 nitrogen and oxygen atoms in total. The van der Waals surface area contributed by atoms with Crippen LogP contribution in [0.5, 0.6) is 0 Å². The molecule has 4 heteroatoms. The standard InChI is InChI=1S/C17H22N2O2/c1-21-13-15-7-4-10-19(12-15)17(20)16-8-2-5-14(11-16)6-3-9-18/h2,5,8,11,15H,4,7,9-10,12-13,18H2,1H3. The van der Waals surface area contributed by atoms with Crippen LogP contribution >= 0.6 is 0 Å². The average molecular weight is 286 g/mol. The summed E-state index contributed by atoms with van der Waals surface area (Å²) in [4.78, 5) is 14.5. The summed E-state index contributed by atoms with van der Waals surface area (Å²) in [6.07, 6.45) is 2.16. The molecule has 2 rings (SSSR count). The molecule has 0 saturated carbocycles. The number of rotatable bonds is 3. The summed E-state index contributed by atoms with van der Waals surface area (Å²) in [5, 5.41) is 0. The van der Waals surface area contributed by atoms with Crippen LogP contribution < -0.4 is 5.73 Å². The van der Waals surface area contributed by atoms with E-state index in [0.29, 0.717) is 24.6 Å². The molecule has 1 aliphatic rings. The lowest BCUT2D eigenvalue weighted by molar-refractivity contribution is 0.0571. The van der Waals surface area contributed by atoms with Crippen LogP contribution in [0.1, 0.15) is 28.8 Å². The third-order valence-electron chi connectivity index (χ3n) is 3.65. The molecule has 0 radical (unpaired) electrons. The molecule has 0 aromatic heterocycles. The van der Waals surface area contributed by atoms with Gasteiger partial charge in [-0.2, -0.15) is 0 Å². The minimum Gasteiger partial charge on any atom is -0.384 e. The number of hydrogen-bond donors (Lipinski definition) is 1. The summed E-state index contributed by atoms with van der Waals surface area (Å²) in [7, 11) is 1.71. The Morgan fingerprint density at radius 3 is 3.14 bits per heavy atom. The summed E-state index contributed by atoms with van der Waals surface area (Å²) < 4.78 is 5.21. The molecular formula is C17H22N2O2. The van der Waals surface area contributed by atoms with E-state index in [4.69, 9.17) is 10.5 Å². The number of methoxy groups -OCH3 is 1. The van der Waals surface area contributed by atoms with Crippen molar-refractivity contribution in [2.24, 2.45) is 11.7 Å². The van der Waals surface area contributed by atoms with Gasteiger partial charge in [0.15, 0.2) is 0 Å². The van der Waals surface area contributed by atoms with Crippen LogP contribution in [0, 0.1) is 17.8 Å². The van der Waals surface area contributed by atoms with Crippen molar-refractivity contribution in [3.63, 3.8) is 0 Å². The van der Waals surface area contributed by atoms with Gasteiger partial charge < -0.3 is 15.4 Å². The van der Waals surface area contributed by atoms with E-state index in [9.17, 15) is 4.79 Å². The predicted molar refractivity (Wildman–Crippen MR) is 82.9 cm³/mol. The van der Waals surface area contributed by atoms with Gasteiger partial charge in [-0.15, -0.1) is 0 Å². The number of ether oxygens (including phenoxy) is 1. The number of carbonyl (C=O) groups excluding carboxylic acids is 1. The number of carbonyl (C=O) groups is 1. The van der Waals surface area contributed by atoms with Crippen LogP contribution in [0.4, 0.5) is 0 Å². The monoisotopic (exact) mass is 286 g/mol. The van der Waals surface area contributed by atoms with Gasteiger partial charge in [0.25, 0.3) is 5.91 Å². The van der Waals surface area contributed by atoms with Gasteiger partial charge in [-0.3, -0.25) is 4.79 Å². The SMILES string of the molecule is COCC1CCCN(C(=O)c2cccc(C#CCN)c2)C1. The summed E-state index contributed by atoms with van der Waals surface area (Å²) >= 11 is 0.